The predicted molar refractivity (Wildman–Crippen MR) is 86.6 cm³/mol. The van der Waals surface area contributed by atoms with Crippen LogP contribution < -0.4 is 4.90 Å². The summed E-state index contributed by atoms with van der Waals surface area (Å²) in [6.07, 6.45) is 8.81. The molecule has 1 aromatic rings. The normalized spacial score (nSPS) is 13.8. The van der Waals surface area contributed by atoms with Gasteiger partial charge in [-0.25, -0.2) is 0 Å². The van der Waals surface area contributed by atoms with Crippen LogP contribution in [0, 0.1) is 6.92 Å². The Morgan fingerprint density at radius 3 is 2.58 bits per heavy atom. The van der Waals surface area contributed by atoms with Gasteiger partial charge in [-0.1, -0.05) is 38.1 Å². The van der Waals surface area contributed by atoms with Crippen molar-refractivity contribution in [2.45, 2.75) is 53.5 Å². The van der Waals surface area contributed by atoms with E-state index in [9.17, 15) is 0 Å². The lowest BCUT2D eigenvalue weighted by atomic mass is 10.1. The summed E-state index contributed by atoms with van der Waals surface area (Å²) in [4.78, 5) is 2.44. The first-order chi connectivity index (χ1) is 9.13. The van der Waals surface area contributed by atoms with Crippen LogP contribution in [-0.2, 0) is 0 Å². The van der Waals surface area contributed by atoms with Gasteiger partial charge in [0, 0.05) is 17.4 Å². The van der Waals surface area contributed by atoms with Crippen molar-refractivity contribution >= 4 is 5.69 Å². The maximum absolute atomic E-state index is 2.44. The molecule has 0 amide bonds. The molecule has 0 radical (unpaired) electrons. The molecule has 0 fully saturated rings. The minimum absolute atomic E-state index is 0.496. The van der Waals surface area contributed by atoms with Crippen LogP contribution in [0.2, 0.25) is 0 Å². The molecule has 19 heavy (non-hydrogen) atoms. The van der Waals surface area contributed by atoms with Gasteiger partial charge in [-0.05, 0) is 57.4 Å². The van der Waals surface area contributed by atoms with Crippen LogP contribution in [0.4, 0.5) is 5.69 Å². The Hall–Kier alpha value is -1.50. The van der Waals surface area contributed by atoms with Gasteiger partial charge in [0.25, 0.3) is 0 Å². The van der Waals surface area contributed by atoms with Gasteiger partial charge in [0.1, 0.15) is 0 Å². The number of anilines is 1. The summed E-state index contributed by atoms with van der Waals surface area (Å²) in [6.45, 7) is 10.9. The van der Waals surface area contributed by atoms with E-state index in [1.807, 2.05) is 0 Å². The molecule has 104 valence electrons. The van der Waals surface area contributed by atoms with E-state index < -0.39 is 0 Å². The van der Waals surface area contributed by atoms with Crippen LogP contribution in [0.5, 0.6) is 0 Å². The van der Waals surface area contributed by atoms with E-state index >= 15 is 0 Å². The molecule has 0 spiro atoms. The summed E-state index contributed by atoms with van der Waals surface area (Å²) < 4.78 is 0. The molecule has 0 N–H and O–H groups in total. The lowest BCUT2D eigenvalue weighted by molar-refractivity contribution is 0.669. The van der Waals surface area contributed by atoms with E-state index in [0.29, 0.717) is 6.04 Å². The molecule has 1 nitrogen and oxygen atoms in total. The monoisotopic (exact) mass is 257 g/mol. The number of hydrogen-bond donors (Lipinski definition) is 0. The van der Waals surface area contributed by atoms with Crippen molar-refractivity contribution in [3.63, 3.8) is 0 Å². The standard InChI is InChI=1S/C18H27N/c1-6-10-17(11-7-2)19(16(5)8-3)18-13-9-12-15(4)14-18/h6,9-14,16H,7-8H2,1-5H3/b10-6-,17-11+. The van der Waals surface area contributed by atoms with E-state index in [1.165, 1.54) is 16.9 Å². The van der Waals surface area contributed by atoms with Crippen LogP contribution in [0.1, 0.15) is 46.1 Å². The highest BCUT2D eigenvalue weighted by atomic mass is 15.2. The topological polar surface area (TPSA) is 3.24 Å². The lowest BCUT2D eigenvalue weighted by Crippen LogP contribution is -2.31. The van der Waals surface area contributed by atoms with Gasteiger partial charge in [-0.3, -0.25) is 0 Å². The molecule has 1 aromatic carbocycles. The van der Waals surface area contributed by atoms with Crippen molar-refractivity contribution in [3.05, 3.63) is 53.8 Å². The number of allylic oxidation sites excluding steroid dienone is 3. The van der Waals surface area contributed by atoms with Gasteiger partial charge in [0.15, 0.2) is 0 Å². The Kier molecular flexibility index (Phi) is 6.41. The summed E-state index contributed by atoms with van der Waals surface area (Å²) >= 11 is 0. The number of benzene rings is 1. The molecule has 1 unspecified atom stereocenters. The second kappa shape index (κ2) is 7.83. The molecule has 0 aliphatic carbocycles. The van der Waals surface area contributed by atoms with Crippen molar-refractivity contribution in [2.75, 3.05) is 4.90 Å². The van der Waals surface area contributed by atoms with E-state index in [-0.39, 0.29) is 0 Å². The van der Waals surface area contributed by atoms with Crippen molar-refractivity contribution < 1.29 is 0 Å². The Bertz CT molecular complexity index is 443. The second-order valence-electron chi connectivity index (χ2n) is 5.00. The molecule has 0 aliphatic rings. The van der Waals surface area contributed by atoms with Gasteiger partial charge in [-0.15, -0.1) is 0 Å². The van der Waals surface area contributed by atoms with Crippen molar-refractivity contribution in [3.8, 4) is 0 Å². The first-order valence-corrected chi connectivity index (χ1v) is 7.32. The summed E-state index contributed by atoms with van der Waals surface area (Å²) in [6, 6.07) is 9.25. The first kappa shape index (κ1) is 15.6. The summed E-state index contributed by atoms with van der Waals surface area (Å²) in [5.41, 5.74) is 3.89. The highest BCUT2D eigenvalue weighted by molar-refractivity contribution is 5.56. The van der Waals surface area contributed by atoms with Crippen molar-refractivity contribution in [2.24, 2.45) is 0 Å². The Morgan fingerprint density at radius 1 is 1.32 bits per heavy atom. The van der Waals surface area contributed by atoms with E-state index in [1.54, 1.807) is 0 Å². The molecular formula is C18H27N. The lowest BCUT2D eigenvalue weighted by Gasteiger charge is -2.32. The maximum atomic E-state index is 2.44. The van der Waals surface area contributed by atoms with Crippen molar-refractivity contribution in [1.82, 2.24) is 0 Å². The van der Waals surface area contributed by atoms with E-state index in [4.69, 9.17) is 0 Å². The molecule has 1 atom stereocenters. The third-order valence-electron chi connectivity index (χ3n) is 3.34. The van der Waals surface area contributed by atoms with Gasteiger partial charge in [0.2, 0.25) is 0 Å². The number of hydrogen-bond acceptors (Lipinski definition) is 1. The third-order valence-corrected chi connectivity index (χ3v) is 3.34. The SMILES string of the molecule is C/C=C\C(=C/CC)N(c1cccc(C)c1)C(C)CC. The third kappa shape index (κ3) is 4.27. The fraction of sp³-hybridized carbons (Fsp3) is 0.444. The first-order valence-electron chi connectivity index (χ1n) is 7.32. The van der Waals surface area contributed by atoms with Crippen LogP contribution in [0.3, 0.4) is 0 Å². The van der Waals surface area contributed by atoms with Gasteiger partial charge in [0.05, 0.1) is 0 Å². The zero-order chi connectivity index (χ0) is 14.3. The molecule has 0 aliphatic heterocycles. The fourth-order valence-electron chi connectivity index (χ4n) is 2.25. The molecule has 0 saturated heterocycles. The maximum Gasteiger partial charge on any atom is 0.0415 e. The minimum Gasteiger partial charge on any atom is -0.339 e. The Morgan fingerprint density at radius 2 is 2.05 bits per heavy atom. The number of rotatable bonds is 6. The zero-order valence-corrected chi connectivity index (χ0v) is 13.0. The minimum atomic E-state index is 0.496. The molecule has 0 saturated carbocycles. The predicted octanol–water partition coefficient (Wildman–Crippen LogP) is 5.47. The van der Waals surface area contributed by atoms with Gasteiger partial charge < -0.3 is 4.90 Å². The largest absolute Gasteiger partial charge is 0.339 e. The highest BCUT2D eigenvalue weighted by Gasteiger charge is 2.15. The van der Waals surface area contributed by atoms with E-state index in [0.717, 1.165) is 12.8 Å². The van der Waals surface area contributed by atoms with Crippen molar-refractivity contribution in [1.29, 1.82) is 0 Å². The van der Waals surface area contributed by atoms with Gasteiger partial charge >= 0.3 is 0 Å². The summed E-state index contributed by atoms with van der Waals surface area (Å²) in [5, 5.41) is 0. The molecule has 0 aromatic heterocycles. The second-order valence-corrected chi connectivity index (χ2v) is 5.00. The average molecular weight is 257 g/mol. The fourth-order valence-corrected chi connectivity index (χ4v) is 2.25. The van der Waals surface area contributed by atoms with Crippen LogP contribution >= 0.6 is 0 Å². The zero-order valence-electron chi connectivity index (χ0n) is 13.0. The van der Waals surface area contributed by atoms with Gasteiger partial charge in [-0.2, -0.15) is 0 Å². The quantitative estimate of drug-likeness (QED) is 0.611. The highest BCUT2D eigenvalue weighted by Crippen LogP contribution is 2.25. The number of nitrogens with zero attached hydrogens (tertiary/aromatic N) is 1. The Labute approximate surface area is 118 Å². The Balaban J connectivity index is 3.24. The van der Waals surface area contributed by atoms with Crippen LogP contribution in [0.25, 0.3) is 0 Å². The average Bonchev–Trinajstić information content (AvgIpc) is 2.39. The molecular weight excluding hydrogens is 230 g/mol. The number of aryl methyl sites for hydroxylation is 1. The summed E-state index contributed by atoms with van der Waals surface area (Å²) in [7, 11) is 0. The van der Waals surface area contributed by atoms with E-state index in [2.05, 4.69) is 82.0 Å². The molecule has 0 bridgehead atoms. The molecule has 1 rings (SSSR count). The smallest absolute Gasteiger partial charge is 0.0415 e. The molecule has 0 heterocycles. The molecule has 1 heteroatoms. The van der Waals surface area contributed by atoms with Crippen LogP contribution in [-0.4, -0.2) is 6.04 Å². The summed E-state index contributed by atoms with van der Waals surface area (Å²) in [5.74, 6) is 0. The van der Waals surface area contributed by atoms with Crippen LogP contribution in [0.15, 0.2) is 48.2 Å².